The molecule has 1 unspecified atom stereocenters. The van der Waals surface area contributed by atoms with E-state index in [1.807, 2.05) is 0 Å². The van der Waals surface area contributed by atoms with Crippen molar-refractivity contribution in [3.05, 3.63) is 67.4 Å². The molecule has 7 heteroatoms. The molecule has 1 aromatic carbocycles. The molecule has 0 aliphatic rings. The van der Waals surface area contributed by atoms with Gasteiger partial charge in [-0.2, -0.15) is 5.26 Å². The van der Waals surface area contributed by atoms with Crippen molar-refractivity contribution >= 4 is 11.6 Å². The van der Waals surface area contributed by atoms with E-state index in [1.165, 1.54) is 10.8 Å². The summed E-state index contributed by atoms with van der Waals surface area (Å²) in [4.78, 5) is 24.3. The predicted molar refractivity (Wildman–Crippen MR) is 81.8 cm³/mol. The van der Waals surface area contributed by atoms with Crippen molar-refractivity contribution in [1.29, 1.82) is 5.26 Å². The molecule has 114 valence electrons. The third-order valence-corrected chi connectivity index (χ3v) is 3.66. The van der Waals surface area contributed by atoms with E-state index in [9.17, 15) is 14.7 Å². The van der Waals surface area contributed by atoms with Gasteiger partial charge in [-0.15, -0.1) is 0 Å². The van der Waals surface area contributed by atoms with E-state index >= 15 is 0 Å². The smallest absolute Gasteiger partial charge is 0.331 e. The van der Waals surface area contributed by atoms with Gasteiger partial charge in [0.1, 0.15) is 11.6 Å². The predicted octanol–water partition coefficient (Wildman–Crippen LogP) is 1.29. The molecule has 1 aromatic heterocycles. The number of aliphatic hydroxyl groups excluding tert-OH is 1. The molecule has 2 aromatic rings. The second-order valence-electron chi connectivity index (χ2n) is 4.68. The number of nitrogens with zero attached hydrogens (tertiary/aromatic N) is 3. The van der Waals surface area contributed by atoms with E-state index in [1.54, 1.807) is 37.3 Å². The minimum atomic E-state index is -1.13. The first-order valence-electron chi connectivity index (χ1n) is 6.66. The molecular formula is C15H14ClN3O3. The average Bonchev–Trinajstić information content (AvgIpc) is 2.52. The van der Waals surface area contributed by atoms with E-state index in [0.29, 0.717) is 17.1 Å². The van der Waals surface area contributed by atoms with E-state index in [-0.39, 0.29) is 12.1 Å². The van der Waals surface area contributed by atoms with Crippen LogP contribution >= 0.6 is 11.6 Å². The van der Waals surface area contributed by atoms with Crippen molar-refractivity contribution in [1.82, 2.24) is 9.13 Å². The fraction of sp³-hybridized carbons (Fsp3) is 0.267. The van der Waals surface area contributed by atoms with Crippen LogP contribution in [0, 0.1) is 11.3 Å². The summed E-state index contributed by atoms with van der Waals surface area (Å²) in [5.41, 5.74) is -1.02. The molecule has 0 saturated heterocycles. The summed E-state index contributed by atoms with van der Waals surface area (Å²) in [6.07, 6.45) is 0.0987. The van der Waals surface area contributed by atoms with Crippen LogP contribution in [0.1, 0.15) is 24.2 Å². The van der Waals surface area contributed by atoms with Gasteiger partial charge >= 0.3 is 5.69 Å². The molecular weight excluding hydrogens is 306 g/mol. The van der Waals surface area contributed by atoms with Crippen LogP contribution in [0.5, 0.6) is 0 Å². The first-order valence-corrected chi connectivity index (χ1v) is 7.04. The fourth-order valence-electron chi connectivity index (χ4n) is 2.13. The van der Waals surface area contributed by atoms with Gasteiger partial charge in [0.25, 0.3) is 5.56 Å². The summed E-state index contributed by atoms with van der Waals surface area (Å²) in [6.45, 7) is 1.77. The maximum Gasteiger partial charge on any atom is 0.331 e. The molecule has 0 spiro atoms. The Morgan fingerprint density at radius 3 is 2.64 bits per heavy atom. The van der Waals surface area contributed by atoms with Gasteiger partial charge in [0.2, 0.25) is 0 Å². The highest BCUT2D eigenvalue weighted by Gasteiger charge is 2.17. The summed E-state index contributed by atoms with van der Waals surface area (Å²) in [6, 6.07) is 8.40. The maximum atomic E-state index is 12.2. The number of aryl methyl sites for hydroxylation is 1. The van der Waals surface area contributed by atoms with E-state index in [4.69, 9.17) is 16.9 Å². The van der Waals surface area contributed by atoms with Crippen LogP contribution in [0.4, 0.5) is 0 Å². The molecule has 2 rings (SSSR count). The van der Waals surface area contributed by atoms with Crippen LogP contribution in [-0.4, -0.2) is 14.2 Å². The van der Waals surface area contributed by atoms with Crippen molar-refractivity contribution < 1.29 is 5.11 Å². The van der Waals surface area contributed by atoms with Gasteiger partial charge in [-0.3, -0.25) is 13.9 Å². The zero-order valence-corrected chi connectivity index (χ0v) is 12.6. The molecule has 0 aliphatic carbocycles. The SMILES string of the molecule is CCn1cc(C#N)c(=O)n(CC(O)c2ccccc2Cl)c1=O. The number of hydrogen-bond donors (Lipinski definition) is 1. The minimum absolute atomic E-state index is 0.146. The lowest BCUT2D eigenvalue weighted by Gasteiger charge is -2.15. The van der Waals surface area contributed by atoms with Gasteiger partial charge in [-0.05, 0) is 13.0 Å². The van der Waals surface area contributed by atoms with Gasteiger partial charge in [0.05, 0.1) is 12.6 Å². The number of aliphatic hydroxyl groups is 1. The Hall–Kier alpha value is -2.36. The van der Waals surface area contributed by atoms with Crippen molar-refractivity contribution in [3.63, 3.8) is 0 Å². The quantitative estimate of drug-likeness (QED) is 0.919. The number of nitriles is 1. The van der Waals surface area contributed by atoms with Crippen LogP contribution in [0.15, 0.2) is 40.1 Å². The second kappa shape index (κ2) is 6.60. The van der Waals surface area contributed by atoms with Gasteiger partial charge in [0, 0.05) is 23.3 Å². The van der Waals surface area contributed by atoms with E-state index in [2.05, 4.69) is 0 Å². The highest BCUT2D eigenvalue weighted by atomic mass is 35.5. The zero-order chi connectivity index (χ0) is 16.3. The highest BCUT2D eigenvalue weighted by molar-refractivity contribution is 6.31. The van der Waals surface area contributed by atoms with Gasteiger partial charge in [-0.25, -0.2) is 4.79 Å². The number of rotatable bonds is 4. The molecule has 22 heavy (non-hydrogen) atoms. The minimum Gasteiger partial charge on any atom is -0.386 e. The lowest BCUT2D eigenvalue weighted by molar-refractivity contribution is 0.152. The lowest BCUT2D eigenvalue weighted by Crippen LogP contribution is -2.41. The normalized spacial score (nSPS) is 11.9. The van der Waals surface area contributed by atoms with Crippen LogP contribution in [0.25, 0.3) is 0 Å². The molecule has 1 heterocycles. The molecule has 6 nitrogen and oxygen atoms in total. The van der Waals surface area contributed by atoms with E-state index < -0.39 is 17.4 Å². The highest BCUT2D eigenvalue weighted by Crippen LogP contribution is 2.23. The second-order valence-corrected chi connectivity index (χ2v) is 5.08. The molecule has 0 amide bonds. The zero-order valence-electron chi connectivity index (χ0n) is 11.9. The number of aromatic nitrogens is 2. The molecule has 0 radical (unpaired) electrons. The first kappa shape index (κ1) is 16.0. The Labute approximate surface area is 131 Å². The summed E-state index contributed by atoms with van der Waals surface area (Å²) in [5.74, 6) is 0. The molecule has 1 N–H and O–H groups in total. The Kier molecular flexibility index (Phi) is 4.81. The largest absolute Gasteiger partial charge is 0.386 e. The van der Waals surface area contributed by atoms with Crippen LogP contribution in [0.3, 0.4) is 0 Å². The Bertz CT molecular complexity index is 848. The van der Waals surface area contributed by atoms with Crippen LogP contribution < -0.4 is 11.2 Å². The summed E-state index contributed by atoms with van der Waals surface area (Å²) >= 11 is 6.00. The third kappa shape index (κ3) is 2.96. The summed E-state index contributed by atoms with van der Waals surface area (Å²) in [5, 5.41) is 19.6. The monoisotopic (exact) mass is 319 g/mol. The number of benzene rings is 1. The topological polar surface area (TPSA) is 88.0 Å². The first-order chi connectivity index (χ1) is 10.5. The molecule has 0 aliphatic heterocycles. The number of halogens is 1. The maximum absolute atomic E-state index is 12.2. The third-order valence-electron chi connectivity index (χ3n) is 3.32. The fourth-order valence-corrected chi connectivity index (χ4v) is 2.40. The van der Waals surface area contributed by atoms with Crippen molar-refractivity contribution in [2.45, 2.75) is 26.1 Å². The van der Waals surface area contributed by atoms with Crippen molar-refractivity contribution in [2.24, 2.45) is 0 Å². The average molecular weight is 320 g/mol. The molecule has 0 bridgehead atoms. The van der Waals surface area contributed by atoms with Crippen molar-refractivity contribution in [2.75, 3.05) is 0 Å². The molecule has 1 atom stereocenters. The summed E-state index contributed by atoms with van der Waals surface area (Å²) in [7, 11) is 0. The summed E-state index contributed by atoms with van der Waals surface area (Å²) < 4.78 is 2.11. The Morgan fingerprint density at radius 2 is 2.05 bits per heavy atom. The lowest BCUT2D eigenvalue weighted by atomic mass is 10.1. The molecule has 0 fully saturated rings. The Morgan fingerprint density at radius 1 is 1.36 bits per heavy atom. The number of hydrogen-bond acceptors (Lipinski definition) is 4. The Balaban J connectivity index is 2.50. The van der Waals surface area contributed by atoms with Crippen molar-refractivity contribution in [3.8, 4) is 6.07 Å². The standard InChI is InChI=1S/C15H14ClN3O3/c1-2-18-8-10(7-17)14(21)19(15(18)22)9-13(20)11-5-3-4-6-12(11)16/h3-6,8,13,20H,2,9H2,1H3. The molecule has 0 saturated carbocycles. The van der Waals surface area contributed by atoms with Crippen LogP contribution in [-0.2, 0) is 13.1 Å². The van der Waals surface area contributed by atoms with Gasteiger partial charge < -0.3 is 5.11 Å². The van der Waals surface area contributed by atoms with E-state index in [0.717, 1.165) is 4.57 Å². The van der Waals surface area contributed by atoms with Gasteiger partial charge in [-0.1, -0.05) is 29.8 Å². The van der Waals surface area contributed by atoms with Crippen LogP contribution in [0.2, 0.25) is 5.02 Å². The van der Waals surface area contributed by atoms with Gasteiger partial charge in [0.15, 0.2) is 0 Å².